The molecule has 0 aliphatic heterocycles. The van der Waals surface area contributed by atoms with Gasteiger partial charge in [-0.2, -0.15) is 0 Å². The van der Waals surface area contributed by atoms with Gasteiger partial charge < -0.3 is 9.05 Å². The molecule has 0 bridgehead atoms. The Kier molecular flexibility index (Phi) is 9.93. The van der Waals surface area contributed by atoms with E-state index < -0.39 is 7.60 Å². The lowest BCUT2D eigenvalue weighted by Crippen LogP contribution is -2.03. The molecule has 0 rings (SSSR count). The molecule has 0 heterocycles. The summed E-state index contributed by atoms with van der Waals surface area (Å²) in [6.45, 7) is 5.12. The molecule has 0 aliphatic rings. The Labute approximate surface area is 98.0 Å². The van der Waals surface area contributed by atoms with E-state index >= 15 is 0 Å². The number of alkyl halides is 1. The van der Waals surface area contributed by atoms with Gasteiger partial charge in [0.15, 0.2) is 0 Å². The third kappa shape index (κ3) is 8.27. The van der Waals surface area contributed by atoms with E-state index in [1.165, 1.54) is 0 Å². The second-order valence-corrected chi connectivity index (χ2v) is 5.96. The van der Waals surface area contributed by atoms with Crippen molar-refractivity contribution < 1.29 is 13.6 Å². The zero-order valence-corrected chi connectivity index (χ0v) is 11.4. The summed E-state index contributed by atoms with van der Waals surface area (Å²) in [6, 6.07) is 0. The highest BCUT2D eigenvalue weighted by molar-refractivity contribution is 7.53. The van der Waals surface area contributed by atoms with Crippen molar-refractivity contribution in [2.75, 3.05) is 25.3 Å². The van der Waals surface area contributed by atoms with E-state index in [4.69, 9.17) is 20.6 Å². The number of hydrogen-bond acceptors (Lipinski definition) is 3. The quantitative estimate of drug-likeness (QED) is 0.336. The van der Waals surface area contributed by atoms with Gasteiger partial charge in [0.2, 0.25) is 0 Å². The van der Waals surface area contributed by atoms with Crippen LogP contribution >= 0.6 is 19.2 Å². The van der Waals surface area contributed by atoms with Gasteiger partial charge in [0.1, 0.15) is 0 Å². The summed E-state index contributed by atoms with van der Waals surface area (Å²) in [5, 5.41) is 0. The van der Waals surface area contributed by atoms with Crippen molar-refractivity contribution in [3.05, 3.63) is 0 Å². The molecule has 0 N–H and O–H groups in total. The Morgan fingerprint density at radius 2 is 1.53 bits per heavy atom. The van der Waals surface area contributed by atoms with Crippen molar-refractivity contribution in [1.29, 1.82) is 0 Å². The molecule has 5 heteroatoms. The molecule has 0 aromatic carbocycles. The minimum absolute atomic E-state index is 0.308. The Morgan fingerprint density at radius 3 is 1.87 bits per heavy atom. The van der Waals surface area contributed by atoms with E-state index in [9.17, 15) is 4.57 Å². The normalized spacial score (nSPS) is 11.9. The van der Waals surface area contributed by atoms with Gasteiger partial charge in [0.25, 0.3) is 0 Å². The number of rotatable bonds is 10. The minimum Gasteiger partial charge on any atom is -0.309 e. The summed E-state index contributed by atoms with van der Waals surface area (Å²) in [5.74, 6) is 0.315. The number of unbranched alkanes of at least 4 members (excludes halogenated alkanes) is 2. The summed E-state index contributed by atoms with van der Waals surface area (Å²) in [7, 11) is -2.91. The highest BCUT2D eigenvalue weighted by atomic mass is 35.5. The van der Waals surface area contributed by atoms with Gasteiger partial charge in [-0.05, 0) is 12.8 Å². The molecule has 15 heavy (non-hydrogen) atoms. The van der Waals surface area contributed by atoms with Crippen molar-refractivity contribution in [3.8, 4) is 0 Å². The van der Waals surface area contributed by atoms with Crippen LogP contribution in [0, 0.1) is 0 Å². The monoisotopic (exact) mass is 256 g/mol. The predicted octanol–water partition coefficient (Wildman–Crippen LogP) is 4.05. The molecule has 0 aromatic rings. The van der Waals surface area contributed by atoms with E-state index in [1.807, 2.05) is 0 Å². The highest BCUT2D eigenvalue weighted by Gasteiger charge is 2.23. The predicted molar refractivity (Wildman–Crippen MR) is 64.9 cm³/mol. The highest BCUT2D eigenvalue weighted by Crippen LogP contribution is 2.48. The summed E-state index contributed by atoms with van der Waals surface area (Å²) >= 11 is 5.58. The Balaban J connectivity index is 3.89. The SMILES string of the molecule is CCCCOP(=O)(CCCl)OCCCC. The molecule has 0 aliphatic carbocycles. The zero-order valence-electron chi connectivity index (χ0n) is 9.71. The van der Waals surface area contributed by atoms with Crippen LogP contribution in [0.2, 0.25) is 0 Å². The summed E-state index contributed by atoms with van der Waals surface area (Å²) in [5.41, 5.74) is 0. The van der Waals surface area contributed by atoms with Gasteiger partial charge in [-0.15, -0.1) is 11.6 Å². The topological polar surface area (TPSA) is 35.5 Å². The maximum absolute atomic E-state index is 12.0. The molecule has 0 radical (unpaired) electrons. The van der Waals surface area contributed by atoms with Crippen LogP contribution in [0.4, 0.5) is 0 Å². The van der Waals surface area contributed by atoms with Crippen LogP contribution in [0.15, 0.2) is 0 Å². The van der Waals surface area contributed by atoms with Crippen LogP contribution < -0.4 is 0 Å². The van der Waals surface area contributed by atoms with Crippen molar-refractivity contribution >= 4 is 19.2 Å². The molecule has 0 saturated heterocycles. The fourth-order valence-electron chi connectivity index (χ4n) is 0.966. The van der Waals surface area contributed by atoms with Crippen molar-refractivity contribution in [3.63, 3.8) is 0 Å². The fraction of sp³-hybridized carbons (Fsp3) is 1.00. The van der Waals surface area contributed by atoms with Crippen LogP contribution in [-0.2, 0) is 13.6 Å². The molecule has 0 fully saturated rings. The van der Waals surface area contributed by atoms with Crippen LogP contribution in [-0.4, -0.2) is 25.3 Å². The molecule has 0 amide bonds. The molecule has 3 nitrogen and oxygen atoms in total. The van der Waals surface area contributed by atoms with E-state index in [0.717, 1.165) is 25.7 Å². The average Bonchev–Trinajstić information content (AvgIpc) is 2.19. The smallest absolute Gasteiger partial charge is 0.309 e. The number of hydrogen-bond donors (Lipinski definition) is 0. The van der Waals surface area contributed by atoms with Crippen molar-refractivity contribution in [2.45, 2.75) is 39.5 Å². The maximum Gasteiger partial charge on any atom is 0.331 e. The lowest BCUT2D eigenvalue weighted by Gasteiger charge is -2.17. The van der Waals surface area contributed by atoms with Crippen LogP contribution in [0.25, 0.3) is 0 Å². The van der Waals surface area contributed by atoms with Gasteiger partial charge in [-0.25, -0.2) is 0 Å². The first-order valence-corrected chi connectivity index (χ1v) is 7.89. The Hall–Kier alpha value is 0.440. The van der Waals surface area contributed by atoms with Crippen LogP contribution in [0.1, 0.15) is 39.5 Å². The van der Waals surface area contributed by atoms with Crippen LogP contribution in [0.3, 0.4) is 0 Å². The second-order valence-electron chi connectivity index (χ2n) is 3.40. The standard InChI is InChI=1S/C10H22ClO3P/c1-3-5-8-13-15(12,10-7-11)14-9-6-4-2/h3-10H2,1-2H3. The van der Waals surface area contributed by atoms with Gasteiger partial charge in [-0.1, -0.05) is 26.7 Å². The molecular weight excluding hydrogens is 235 g/mol. The third-order valence-electron chi connectivity index (χ3n) is 1.93. The van der Waals surface area contributed by atoms with Gasteiger partial charge >= 0.3 is 7.60 Å². The molecule has 0 atom stereocenters. The number of halogens is 1. The fourth-order valence-corrected chi connectivity index (χ4v) is 2.94. The van der Waals surface area contributed by atoms with Gasteiger partial charge in [-0.3, -0.25) is 4.57 Å². The first-order valence-electron chi connectivity index (χ1n) is 5.62. The lowest BCUT2D eigenvalue weighted by molar-refractivity contribution is 0.201. The van der Waals surface area contributed by atoms with Crippen molar-refractivity contribution in [1.82, 2.24) is 0 Å². The molecule has 0 unspecified atom stereocenters. The third-order valence-corrected chi connectivity index (χ3v) is 4.31. The average molecular weight is 257 g/mol. The van der Waals surface area contributed by atoms with E-state index in [2.05, 4.69) is 13.8 Å². The van der Waals surface area contributed by atoms with Crippen LogP contribution in [0.5, 0.6) is 0 Å². The summed E-state index contributed by atoms with van der Waals surface area (Å²) in [4.78, 5) is 0. The molecule has 0 spiro atoms. The molecule has 92 valence electrons. The summed E-state index contributed by atoms with van der Waals surface area (Å²) in [6.07, 6.45) is 4.17. The Bertz CT molecular complexity index is 174. The Morgan fingerprint density at radius 1 is 1.07 bits per heavy atom. The first-order chi connectivity index (χ1) is 7.18. The lowest BCUT2D eigenvalue weighted by atomic mass is 10.4. The second kappa shape index (κ2) is 9.65. The van der Waals surface area contributed by atoms with Crippen molar-refractivity contribution in [2.24, 2.45) is 0 Å². The van der Waals surface area contributed by atoms with Gasteiger partial charge in [0, 0.05) is 5.88 Å². The summed E-state index contributed by atoms with van der Waals surface area (Å²) < 4.78 is 22.6. The minimum atomic E-state index is -2.91. The van der Waals surface area contributed by atoms with E-state index in [-0.39, 0.29) is 0 Å². The van der Waals surface area contributed by atoms with E-state index in [0.29, 0.717) is 25.3 Å². The molecular formula is C10H22ClO3P. The first kappa shape index (κ1) is 15.4. The van der Waals surface area contributed by atoms with Gasteiger partial charge in [0.05, 0.1) is 19.4 Å². The largest absolute Gasteiger partial charge is 0.331 e. The zero-order chi connectivity index (χ0) is 11.6. The van der Waals surface area contributed by atoms with E-state index in [1.54, 1.807) is 0 Å². The maximum atomic E-state index is 12.0. The molecule has 0 saturated carbocycles. The molecule has 0 aromatic heterocycles.